The summed E-state index contributed by atoms with van der Waals surface area (Å²) >= 11 is 0. The Kier molecular flexibility index (Phi) is 5.45. The number of hydrogen-bond acceptors (Lipinski definition) is 3. The second-order valence-corrected chi connectivity index (χ2v) is 4.22. The third kappa shape index (κ3) is 4.40. The molecule has 2 atom stereocenters. The van der Waals surface area contributed by atoms with Crippen LogP contribution in [0.1, 0.15) is 27.2 Å². The molecule has 0 amide bonds. The molecular formula is C11H24N2O. The van der Waals surface area contributed by atoms with Crippen LogP contribution in [0.2, 0.25) is 0 Å². The molecule has 1 aliphatic rings. The predicted molar refractivity (Wildman–Crippen MR) is 59.6 cm³/mol. The fourth-order valence-electron chi connectivity index (χ4n) is 2.07. The topological polar surface area (TPSA) is 24.5 Å². The molecule has 0 bridgehead atoms. The zero-order valence-electron chi connectivity index (χ0n) is 9.75. The molecule has 3 nitrogen and oxygen atoms in total. The molecule has 0 radical (unpaired) electrons. The summed E-state index contributed by atoms with van der Waals surface area (Å²) in [5, 5.41) is 3.35. The second kappa shape index (κ2) is 6.38. The van der Waals surface area contributed by atoms with Crippen molar-refractivity contribution < 1.29 is 4.74 Å². The van der Waals surface area contributed by atoms with Crippen LogP contribution in [0.4, 0.5) is 0 Å². The minimum atomic E-state index is 0.401. The maximum atomic E-state index is 5.69. The molecule has 0 spiro atoms. The van der Waals surface area contributed by atoms with Gasteiger partial charge in [0.15, 0.2) is 0 Å². The molecule has 14 heavy (non-hydrogen) atoms. The zero-order chi connectivity index (χ0) is 10.4. The van der Waals surface area contributed by atoms with Gasteiger partial charge in [0.25, 0.3) is 0 Å². The van der Waals surface area contributed by atoms with Gasteiger partial charge in [0.05, 0.1) is 12.2 Å². The highest BCUT2D eigenvalue weighted by Crippen LogP contribution is 2.10. The van der Waals surface area contributed by atoms with Crippen molar-refractivity contribution in [3.05, 3.63) is 0 Å². The average Bonchev–Trinajstić information content (AvgIpc) is 2.11. The van der Waals surface area contributed by atoms with Crippen LogP contribution in [0.5, 0.6) is 0 Å². The molecule has 1 rings (SSSR count). The van der Waals surface area contributed by atoms with Gasteiger partial charge in [-0.3, -0.25) is 4.90 Å². The number of nitrogens with zero attached hydrogens (tertiary/aromatic N) is 1. The molecule has 0 unspecified atom stereocenters. The van der Waals surface area contributed by atoms with Crippen LogP contribution in [0.3, 0.4) is 0 Å². The highest BCUT2D eigenvalue weighted by molar-refractivity contribution is 4.72. The van der Waals surface area contributed by atoms with E-state index >= 15 is 0 Å². The van der Waals surface area contributed by atoms with Crippen molar-refractivity contribution in [2.24, 2.45) is 0 Å². The van der Waals surface area contributed by atoms with Gasteiger partial charge in [0.2, 0.25) is 0 Å². The molecule has 1 N–H and O–H groups in total. The van der Waals surface area contributed by atoms with Gasteiger partial charge in [0.1, 0.15) is 0 Å². The minimum Gasteiger partial charge on any atom is -0.373 e. The van der Waals surface area contributed by atoms with E-state index in [0.29, 0.717) is 12.2 Å². The van der Waals surface area contributed by atoms with Crippen molar-refractivity contribution in [3.8, 4) is 0 Å². The Morgan fingerprint density at radius 1 is 1.29 bits per heavy atom. The highest BCUT2D eigenvalue weighted by Gasteiger charge is 2.21. The molecule has 1 aliphatic heterocycles. The van der Waals surface area contributed by atoms with Crippen LogP contribution in [-0.2, 0) is 4.74 Å². The van der Waals surface area contributed by atoms with Gasteiger partial charge in [-0.25, -0.2) is 0 Å². The van der Waals surface area contributed by atoms with E-state index in [-0.39, 0.29) is 0 Å². The van der Waals surface area contributed by atoms with E-state index in [1.807, 2.05) is 0 Å². The zero-order valence-corrected chi connectivity index (χ0v) is 9.75. The molecule has 0 aliphatic carbocycles. The van der Waals surface area contributed by atoms with Crippen molar-refractivity contribution in [2.45, 2.75) is 39.4 Å². The summed E-state index contributed by atoms with van der Waals surface area (Å²) in [5.74, 6) is 0. The largest absolute Gasteiger partial charge is 0.373 e. The summed E-state index contributed by atoms with van der Waals surface area (Å²) in [5.41, 5.74) is 0. The summed E-state index contributed by atoms with van der Waals surface area (Å²) in [6.45, 7) is 12.1. The SMILES string of the molecule is CCNCCCN1C[C@@H](C)O[C@@H](C)C1. The Balaban J connectivity index is 2.10. The highest BCUT2D eigenvalue weighted by atomic mass is 16.5. The smallest absolute Gasteiger partial charge is 0.0678 e. The third-order valence-electron chi connectivity index (χ3n) is 2.57. The van der Waals surface area contributed by atoms with E-state index in [2.05, 4.69) is 31.0 Å². The normalized spacial score (nSPS) is 29.4. The molecule has 1 saturated heterocycles. The lowest BCUT2D eigenvalue weighted by atomic mass is 10.2. The van der Waals surface area contributed by atoms with E-state index in [4.69, 9.17) is 4.74 Å². The van der Waals surface area contributed by atoms with Crippen molar-refractivity contribution in [1.82, 2.24) is 10.2 Å². The first-order valence-electron chi connectivity index (χ1n) is 5.81. The number of hydrogen-bond donors (Lipinski definition) is 1. The Bertz CT molecular complexity index is 142. The van der Waals surface area contributed by atoms with Crippen molar-refractivity contribution in [2.75, 3.05) is 32.7 Å². The predicted octanol–water partition coefficient (Wildman–Crippen LogP) is 1.10. The van der Waals surface area contributed by atoms with E-state index < -0.39 is 0 Å². The molecule has 0 aromatic rings. The lowest BCUT2D eigenvalue weighted by molar-refractivity contribution is -0.0680. The van der Waals surface area contributed by atoms with Crippen LogP contribution in [0.25, 0.3) is 0 Å². The molecule has 0 aromatic carbocycles. The summed E-state index contributed by atoms with van der Waals surface area (Å²) < 4.78 is 5.69. The lowest BCUT2D eigenvalue weighted by Gasteiger charge is -2.35. The van der Waals surface area contributed by atoms with Gasteiger partial charge in [-0.2, -0.15) is 0 Å². The first-order valence-corrected chi connectivity index (χ1v) is 5.81. The molecule has 0 saturated carbocycles. The molecule has 3 heteroatoms. The summed E-state index contributed by atoms with van der Waals surface area (Å²) in [4.78, 5) is 2.51. The van der Waals surface area contributed by atoms with Gasteiger partial charge >= 0.3 is 0 Å². The van der Waals surface area contributed by atoms with E-state index in [1.165, 1.54) is 13.0 Å². The number of morpholine rings is 1. The maximum Gasteiger partial charge on any atom is 0.0678 e. The van der Waals surface area contributed by atoms with Gasteiger partial charge < -0.3 is 10.1 Å². The van der Waals surface area contributed by atoms with Gasteiger partial charge in [-0.05, 0) is 39.9 Å². The summed E-state index contributed by atoms with van der Waals surface area (Å²) in [6, 6.07) is 0. The second-order valence-electron chi connectivity index (χ2n) is 4.22. The third-order valence-corrected chi connectivity index (χ3v) is 2.57. The maximum absolute atomic E-state index is 5.69. The molecule has 84 valence electrons. The van der Waals surface area contributed by atoms with Crippen LogP contribution in [0, 0.1) is 0 Å². The van der Waals surface area contributed by atoms with Crippen molar-refractivity contribution >= 4 is 0 Å². The van der Waals surface area contributed by atoms with Crippen LogP contribution in [0.15, 0.2) is 0 Å². The Morgan fingerprint density at radius 3 is 2.50 bits per heavy atom. The van der Waals surface area contributed by atoms with Gasteiger partial charge in [0, 0.05) is 13.1 Å². The number of ether oxygens (including phenoxy) is 1. The Labute approximate surface area is 87.8 Å². The lowest BCUT2D eigenvalue weighted by Crippen LogP contribution is -2.46. The molecular weight excluding hydrogens is 176 g/mol. The van der Waals surface area contributed by atoms with E-state index in [0.717, 1.165) is 26.2 Å². The van der Waals surface area contributed by atoms with Crippen LogP contribution in [-0.4, -0.2) is 49.8 Å². The number of rotatable bonds is 5. The van der Waals surface area contributed by atoms with Crippen LogP contribution < -0.4 is 5.32 Å². The first kappa shape index (κ1) is 12.0. The minimum absolute atomic E-state index is 0.401. The van der Waals surface area contributed by atoms with Gasteiger partial charge in [-0.15, -0.1) is 0 Å². The van der Waals surface area contributed by atoms with E-state index in [1.54, 1.807) is 0 Å². The molecule has 1 heterocycles. The molecule has 0 aromatic heterocycles. The van der Waals surface area contributed by atoms with Crippen LogP contribution >= 0.6 is 0 Å². The van der Waals surface area contributed by atoms with Crippen molar-refractivity contribution in [1.29, 1.82) is 0 Å². The summed E-state index contributed by atoms with van der Waals surface area (Å²) in [6.07, 6.45) is 2.04. The van der Waals surface area contributed by atoms with Crippen molar-refractivity contribution in [3.63, 3.8) is 0 Å². The van der Waals surface area contributed by atoms with E-state index in [9.17, 15) is 0 Å². The quantitative estimate of drug-likeness (QED) is 0.673. The number of nitrogens with one attached hydrogen (secondary N) is 1. The monoisotopic (exact) mass is 200 g/mol. The average molecular weight is 200 g/mol. The summed E-state index contributed by atoms with van der Waals surface area (Å²) in [7, 11) is 0. The fraction of sp³-hybridized carbons (Fsp3) is 1.00. The fourth-order valence-corrected chi connectivity index (χ4v) is 2.07. The molecule has 1 fully saturated rings. The van der Waals surface area contributed by atoms with Gasteiger partial charge in [-0.1, -0.05) is 6.92 Å². The first-order chi connectivity index (χ1) is 6.72. The standard InChI is InChI=1S/C11H24N2O/c1-4-12-6-5-7-13-8-10(2)14-11(3)9-13/h10-12H,4-9H2,1-3H3/t10-,11+. The Hall–Kier alpha value is -0.120. The Morgan fingerprint density at radius 2 is 1.93 bits per heavy atom.